The van der Waals surface area contributed by atoms with Crippen LogP contribution in [0.1, 0.15) is 30.7 Å². The van der Waals surface area contributed by atoms with Crippen LogP contribution in [0.15, 0.2) is 11.8 Å². The summed E-state index contributed by atoms with van der Waals surface area (Å²) in [5, 5.41) is 4.56. The van der Waals surface area contributed by atoms with Gasteiger partial charge in [-0.2, -0.15) is 0 Å². The summed E-state index contributed by atoms with van der Waals surface area (Å²) in [5.74, 6) is 0.712. The van der Waals surface area contributed by atoms with Crippen molar-refractivity contribution in [3.63, 3.8) is 0 Å². The lowest BCUT2D eigenvalue weighted by Crippen LogP contribution is -2.21. The molecule has 0 spiro atoms. The first-order chi connectivity index (χ1) is 7.08. The summed E-state index contributed by atoms with van der Waals surface area (Å²) in [6.07, 6.45) is 4.14. The van der Waals surface area contributed by atoms with Crippen molar-refractivity contribution in [1.29, 1.82) is 0 Å². The molecule has 0 fully saturated rings. The Morgan fingerprint density at radius 1 is 1.60 bits per heavy atom. The molecule has 84 valence electrons. The Balaban J connectivity index is 2.39. The van der Waals surface area contributed by atoms with Gasteiger partial charge in [0.05, 0.1) is 5.01 Å². The Labute approximate surface area is 96.4 Å². The summed E-state index contributed by atoms with van der Waals surface area (Å²) < 4.78 is 0. The van der Waals surface area contributed by atoms with Crippen LogP contribution in [0.5, 0.6) is 0 Å². The Bertz CT molecular complexity index is 326. The highest BCUT2D eigenvalue weighted by Crippen LogP contribution is 2.14. The fourth-order valence-corrected chi connectivity index (χ4v) is 2.11. The van der Waals surface area contributed by atoms with E-state index >= 15 is 0 Å². The first-order valence-corrected chi connectivity index (χ1v) is 6.20. The second-order valence-electron chi connectivity index (χ2n) is 4.30. The van der Waals surface area contributed by atoms with E-state index in [2.05, 4.69) is 37.1 Å². The smallest absolute Gasteiger partial charge is 0.0900 e. The highest BCUT2D eigenvalue weighted by atomic mass is 32.1. The van der Waals surface area contributed by atoms with E-state index in [1.807, 2.05) is 13.1 Å². The van der Waals surface area contributed by atoms with Crippen LogP contribution in [-0.2, 0) is 0 Å². The Morgan fingerprint density at radius 2 is 2.33 bits per heavy atom. The van der Waals surface area contributed by atoms with E-state index in [9.17, 15) is 0 Å². The van der Waals surface area contributed by atoms with Gasteiger partial charge in [-0.15, -0.1) is 11.3 Å². The molecule has 0 saturated heterocycles. The molecule has 0 unspecified atom stereocenters. The van der Waals surface area contributed by atoms with Gasteiger partial charge in [-0.05, 0) is 32.4 Å². The lowest BCUT2D eigenvalue weighted by molar-refractivity contribution is 0.572. The highest BCUT2D eigenvalue weighted by molar-refractivity contribution is 7.12. The van der Waals surface area contributed by atoms with E-state index in [0.29, 0.717) is 5.92 Å². The Hall–Kier alpha value is -0.670. The average molecular weight is 224 g/mol. The molecule has 0 aromatic carbocycles. The van der Waals surface area contributed by atoms with E-state index in [0.717, 1.165) is 18.1 Å². The molecule has 0 radical (unpaired) electrons. The number of nitrogens with one attached hydrogen (secondary N) is 1. The molecule has 15 heavy (non-hydrogen) atoms. The van der Waals surface area contributed by atoms with Crippen LogP contribution < -0.4 is 5.32 Å². The van der Waals surface area contributed by atoms with Crippen LogP contribution >= 0.6 is 11.3 Å². The summed E-state index contributed by atoms with van der Waals surface area (Å²) >= 11 is 1.74. The second kappa shape index (κ2) is 6.03. The maximum absolute atomic E-state index is 4.23. The lowest BCUT2D eigenvalue weighted by Gasteiger charge is -2.06. The van der Waals surface area contributed by atoms with Crippen molar-refractivity contribution < 1.29 is 0 Å². The largest absolute Gasteiger partial charge is 0.313 e. The molecule has 0 aliphatic heterocycles. The predicted molar refractivity (Wildman–Crippen MR) is 68.2 cm³/mol. The molecule has 0 atom stereocenters. The van der Waals surface area contributed by atoms with Gasteiger partial charge in [0.2, 0.25) is 0 Å². The third kappa shape index (κ3) is 5.09. The number of aryl methyl sites for hydroxylation is 1. The molecule has 0 bridgehead atoms. The zero-order valence-electron chi connectivity index (χ0n) is 10.0. The quantitative estimate of drug-likeness (QED) is 0.831. The molecular formula is C12H20N2S. The summed E-state index contributed by atoms with van der Waals surface area (Å²) in [5.41, 5.74) is 1.36. The van der Waals surface area contributed by atoms with Crippen molar-refractivity contribution in [2.24, 2.45) is 5.92 Å². The standard InChI is InChI=1S/C12H20N2S/c1-9(2)6-13-7-10(3)5-12-8-14-11(4)15-12/h5,8-9,13H,6-7H2,1-4H3. The lowest BCUT2D eigenvalue weighted by atomic mass is 10.2. The molecule has 3 heteroatoms. The molecule has 0 saturated carbocycles. The number of rotatable bonds is 5. The second-order valence-corrected chi connectivity index (χ2v) is 5.56. The molecule has 0 aliphatic rings. The van der Waals surface area contributed by atoms with Crippen molar-refractivity contribution in [2.75, 3.05) is 13.1 Å². The van der Waals surface area contributed by atoms with Gasteiger partial charge in [0.15, 0.2) is 0 Å². The highest BCUT2D eigenvalue weighted by Gasteiger charge is 1.97. The summed E-state index contributed by atoms with van der Waals surface area (Å²) in [6, 6.07) is 0. The Kier molecular flexibility index (Phi) is 4.99. The molecule has 1 heterocycles. The molecule has 1 rings (SSSR count). The van der Waals surface area contributed by atoms with Gasteiger partial charge in [0, 0.05) is 17.6 Å². The predicted octanol–water partition coefficient (Wildman–Crippen LogP) is 3.10. The van der Waals surface area contributed by atoms with Crippen molar-refractivity contribution in [3.8, 4) is 0 Å². The maximum Gasteiger partial charge on any atom is 0.0900 e. The number of hydrogen-bond donors (Lipinski definition) is 1. The van der Waals surface area contributed by atoms with Crippen LogP contribution in [0.3, 0.4) is 0 Å². The third-order valence-electron chi connectivity index (χ3n) is 1.98. The first kappa shape index (κ1) is 12.4. The van der Waals surface area contributed by atoms with E-state index in [1.165, 1.54) is 10.5 Å². The van der Waals surface area contributed by atoms with Gasteiger partial charge in [-0.3, -0.25) is 0 Å². The monoisotopic (exact) mass is 224 g/mol. The average Bonchev–Trinajstić information content (AvgIpc) is 2.50. The van der Waals surface area contributed by atoms with Crippen molar-refractivity contribution in [1.82, 2.24) is 10.3 Å². The fraction of sp³-hybridized carbons (Fsp3) is 0.583. The third-order valence-corrected chi connectivity index (χ3v) is 2.84. The van der Waals surface area contributed by atoms with Crippen molar-refractivity contribution in [2.45, 2.75) is 27.7 Å². The molecule has 1 aromatic heterocycles. The van der Waals surface area contributed by atoms with E-state index in [4.69, 9.17) is 0 Å². The zero-order chi connectivity index (χ0) is 11.3. The molecule has 0 aliphatic carbocycles. The molecule has 2 nitrogen and oxygen atoms in total. The van der Waals surface area contributed by atoms with E-state index in [-0.39, 0.29) is 0 Å². The molecule has 0 amide bonds. The van der Waals surface area contributed by atoms with Crippen LogP contribution in [-0.4, -0.2) is 18.1 Å². The van der Waals surface area contributed by atoms with Gasteiger partial charge in [-0.25, -0.2) is 4.98 Å². The first-order valence-electron chi connectivity index (χ1n) is 5.38. The summed E-state index contributed by atoms with van der Waals surface area (Å²) in [4.78, 5) is 5.48. The summed E-state index contributed by atoms with van der Waals surface area (Å²) in [7, 11) is 0. The normalized spacial score (nSPS) is 12.5. The van der Waals surface area contributed by atoms with E-state index in [1.54, 1.807) is 11.3 Å². The van der Waals surface area contributed by atoms with Crippen LogP contribution in [0, 0.1) is 12.8 Å². The molecular weight excluding hydrogens is 204 g/mol. The molecule has 1 aromatic rings. The van der Waals surface area contributed by atoms with Gasteiger partial charge in [0.1, 0.15) is 0 Å². The van der Waals surface area contributed by atoms with Gasteiger partial charge in [0.25, 0.3) is 0 Å². The SMILES string of the molecule is CC(=Cc1cnc(C)s1)CNCC(C)C. The van der Waals surface area contributed by atoms with Gasteiger partial charge >= 0.3 is 0 Å². The summed E-state index contributed by atoms with van der Waals surface area (Å²) in [6.45, 7) is 10.7. The minimum absolute atomic E-state index is 0.712. The van der Waals surface area contributed by atoms with Gasteiger partial charge < -0.3 is 5.32 Å². The van der Waals surface area contributed by atoms with Crippen LogP contribution in [0.4, 0.5) is 0 Å². The van der Waals surface area contributed by atoms with Gasteiger partial charge in [-0.1, -0.05) is 19.4 Å². The Morgan fingerprint density at radius 3 is 2.87 bits per heavy atom. The van der Waals surface area contributed by atoms with Crippen molar-refractivity contribution in [3.05, 3.63) is 21.7 Å². The van der Waals surface area contributed by atoms with Crippen LogP contribution in [0.2, 0.25) is 0 Å². The van der Waals surface area contributed by atoms with Crippen molar-refractivity contribution >= 4 is 17.4 Å². The fourth-order valence-electron chi connectivity index (χ4n) is 1.30. The molecule has 1 N–H and O–H groups in total. The maximum atomic E-state index is 4.23. The number of nitrogens with zero attached hydrogens (tertiary/aromatic N) is 1. The topological polar surface area (TPSA) is 24.9 Å². The number of hydrogen-bond acceptors (Lipinski definition) is 3. The van der Waals surface area contributed by atoms with E-state index < -0.39 is 0 Å². The number of aromatic nitrogens is 1. The number of thiazole rings is 1. The zero-order valence-corrected chi connectivity index (χ0v) is 10.8. The minimum Gasteiger partial charge on any atom is -0.313 e. The minimum atomic E-state index is 0.712. The van der Waals surface area contributed by atoms with Crippen LogP contribution in [0.25, 0.3) is 6.08 Å².